The minimum atomic E-state index is 0.224. The maximum absolute atomic E-state index is 5.54. The molecular formula is C14H17BrN2O. The summed E-state index contributed by atoms with van der Waals surface area (Å²) in [5.74, 6) is 0.966. The van der Waals surface area contributed by atoms with Gasteiger partial charge in [-0.2, -0.15) is 0 Å². The van der Waals surface area contributed by atoms with E-state index in [0.29, 0.717) is 0 Å². The zero-order valence-electron chi connectivity index (χ0n) is 10.4. The lowest BCUT2D eigenvalue weighted by Gasteiger charge is -2.15. The van der Waals surface area contributed by atoms with Gasteiger partial charge in [0.2, 0.25) is 0 Å². The lowest BCUT2D eigenvalue weighted by molar-refractivity contribution is 0.398. The molecule has 0 bridgehead atoms. The summed E-state index contributed by atoms with van der Waals surface area (Å²) in [6, 6.07) is 8.17. The molecule has 0 saturated carbocycles. The van der Waals surface area contributed by atoms with Crippen LogP contribution in [0.2, 0.25) is 0 Å². The van der Waals surface area contributed by atoms with Crippen LogP contribution in [-0.4, -0.2) is 11.5 Å². The minimum absolute atomic E-state index is 0.224. The molecule has 1 atom stereocenters. The third kappa shape index (κ3) is 3.43. The topological polar surface area (TPSA) is 38.1 Å². The number of nitrogens with one attached hydrogen (secondary N) is 1. The normalized spacial score (nSPS) is 12.6. The molecule has 0 fully saturated rings. The lowest BCUT2D eigenvalue weighted by atomic mass is 10.1. The molecule has 2 aromatic heterocycles. The second-order valence-electron chi connectivity index (χ2n) is 4.10. The van der Waals surface area contributed by atoms with Crippen LogP contribution in [0.5, 0.6) is 0 Å². The Bertz CT molecular complexity index is 470. The highest BCUT2D eigenvalue weighted by Crippen LogP contribution is 2.27. The monoisotopic (exact) mass is 308 g/mol. The minimum Gasteiger partial charge on any atom is -0.466 e. The van der Waals surface area contributed by atoms with Gasteiger partial charge in [-0.25, -0.2) is 0 Å². The highest BCUT2D eigenvalue weighted by atomic mass is 79.9. The van der Waals surface area contributed by atoms with Gasteiger partial charge in [-0.1, -0.05) is 13.0 Å². The Balaban J connectivity index is 2.01. The molecule has 2 aromatic rings. The molecule has 2 heterocycles. The summed E-state index contributed by atoms with van der Waals surface area (Å²) in [4.78, 5) is 4.34. The first kappa shape index (κ1) is 13.3. The molecule has 0 aliphatic carbocycles. The number of halogens is 1. The van der Waals surface area contributed by atoms with Crippen molar-refractivity contribution in [2.75, 3.05) is 6.54 Å². The van der Waals surface area contributed by atoms with Gasteiger partial charge in [-0.05, 0) is 53.5 Å². The molecule has 0 aromatic carbocycles. The summed E-state index contributed by atoms with van der Waals surface area (Å²) < 4.78 is 6.56. The van der Waals surface area contributed by atoms with Gasteiger partial charge in [0.05, 0.1) is 16.8 Å². The van der Waals surface area contributed by atoms with E-state index in [2.05, 4.69) is 39.2 Å². The number of rotatable bonds is 6. The Morgan fingerprint density at radius 1 is 1.39 bits per heavy atom. The first-order chi connectivity index (χ1) is 8.81. The Labute approximate surface area is 116 Å². The Morgan fingerprint density at radius 3 is 2.89 bits per heavy atom. The standard InChI is InChI=1S/C14H17BrN2O/c1-2-16-13(14-12(15)8-10-18-14)7-6-11-5-3-4-9-17-11/h3-5,8-10,13,16H,2,6-7H2,1H3. The summed E-state index contributed by atoms with van der Waals surface area (Å²) in [5.41, 5.74) is 1.11. The van der Waals surface area contributed by atoms with Crippen molar-refractivity contribution >= 4 is 15.9 Å². The molecular weight excluding hydrogens is 292 g/mol. The smallest absolute Gasteiger partial charge is 0.134 e. The highest BCUT2D eigenvalue weighted by molar-refractivity contribution is 9.10. The van der Waals surface area contributed by atoms with Crippen molar-refractivity contribution in [1.29, 1.82) is 0 Å². The predicted molar refractivity (Wildman–Crippen MR) is 75.4 cm³/mol. The molecule has 0 radical (unpaired) electrons. The van der Waals surface area contributed by atoms with Crippen LogP contribution in [0.15, 0.2) is 45.6 Å². The first-order valence-electron chi connectivity index (χ1n) is 6.17. The average Bonchev–Trinajstić information content (AvgIpc) is 2.82. The van der Waals surface area contributed by atoms with E-state index in [1.165, 1.54) is 0 Å². The molecule has 0 spiro atoms. The van der Waals surface area contributed by atoms with Crippen LogP contribution in [0.1, 0.15) is 30.8 Å². The quantitative estimate of drug-likeness (QED) is 0.884. The Hall–Kier alpha value is -1.13. The number of nitrogens with zero attached hydrogens (tertiary/aromatic N) is 1. The summed E-state index contributed by atoms with van der Waals surface area (Å²) in [6.07, 6.45) is 5.45. The van der Waals surface area contributed by atoms with Gasteiger partial charge < -0.3 is 9.73 Å². The van der Waals surface area contributed by atoms with Crippen LogP contribution in [0, 0.1) is 0 Å². The Kier molecular flexibility index (Phi) is 4.96. The molecule has 18 heavy (non-hydrogen) atoms. The average molecular weight is 309 g/mol. The third-order valence-corrected chi connectivity index (χ3v) is 3.48. The molecule has 0 aliphatic rings. The van der Waals surface area contributed by atoms with Crippen molar-refractivity contribution in [2.45, 2.75) is 25.8 Å². The van der Waals surface area contributed by atoms with Crippen molar-refractivity contribution < 1.29 is 4.42 Å². The van der Waals surface area contributed by atoms with E-state index in [1.54, 1.807) is 6.26 Å². The predicted octanol–water partition coefficient (Wildman–Crippen LogP) is 3.72. The number of furan rings is 1. The van der Waals surface area contributed by atoms with Crippen molar-refractivity contribution in [1.82, 2.24) is 10.3 Å². The molecule has 0 saturated heterocycles. The molecule has 0 amide bonds. The van der Waals surface area contributed by atoms with E-state index in [9.17, 15) is 0 Å². The third-order valence-electron chi connectivity index (χ3n) is 2.83. The Morgan fingerprint density at radius 2 is 2.28 bits per heavy atom. The van der Waals surface area contributed by atoms with Gasteiger partial charge in [-0.3, -0.25) is 4.98 Å². The second-order valence-corrected chi connectivity index (χ2v) is 4.96. The molecule has 2 rings (SSSR count). The van der Waals surface area contributed by atoms with E-state index < -0.39 is 0 Å². The molecule has 1 N–H and O–H groups in total. The fourth-order valence-electron chi connectivity index (χ4n) is 1.96. The fourth-order valence-corrected chi connectivity index (χ4v) is 2.44. The van der Waals surface area contributed by atoms with Crippen LogP contribution in [0.25, 0.3) is 0 Å². The maximum atomic E-state index is 5.54. The molecule has 96 valence electrons. The second kappa shape index (κ2) is 6.71. The SMILES string of the molecule is CCNC(CCc1ccccn1)c1occc1Br. The van der Waals surface area contributed by atoms with Crippen LogP contribution in [0.4, 0.5) is 0 Å². The molecule has 4 heteroatoms. The van der Waals surface area contributed by atoms with Crippen molar-refractivity contribution in [2.24, 2.45) is 0 Å². The summed E-state index contributed by atoms with van der Waals surface area (Å²) in [7, 11) is 0. The van der Waals surface area contributed by atoms with E-state index >= 15 is 0 Å². The molecule has 0 aliphatic heterocycles. The van der Waals surface area contributed by atoms with Crippen LogP contribution < -0.4 is 5.32 Å². The van der Waals surface area contributed by atoms with Gasteiger partial charge >= 0.3 is 0 Å². The molecule has 3 nitrogen and oxygen atoms in total. The van der Waals surface area contributed by atoms with Crippen molar-refractivity contribution in [3.8, 4) is 0 Å². The largest absolute Gasteiger partial charge is 0.466 e. The molecule has 1 unspecified atom stereocenters. The number of hydrogen-bond donors (Lipinski definition) is 1. The van der Waals surface area contributed by atoms with Gasteiger partial charge in [0.25, 0.3) is 0 Å². The number of hydrogen-bond acceptors (Lipinski definition) is 3. The number of aromatic nitrogens is 1. The zero-order valence-corrected chi connectivity index (χ0v) is 12.0. The summed E-state index contributed by atoms with van der Waals surface area (Å²) in [6.45, 7) is 3.02. The number of pyridine rings is 1. The van der Waals surface area contributed by atoms with E-state index in [0.717, 1.165) is 35.3 Å². The van der Waals surface area contributed by atoms with Gasteiger partial charge in [-0.15, -0.1) is 0 Å². The number of aryl methyl sites for hydroxylation is 1. The lowest BCUT2D eigenvalue weighted by Crippen LogP contribution is -2.21. The first-order valence-corrected chi connectivity index (χ1v) is 6.96. The van der Waals surface area contributed by atoms with Gasteiger partial charge in [0.1, 0.15) is 5.76 Å². The highest BCUT2D eigenvalue weighted by Gasteiger charge is 2.16. The van der Waals surface area contributed by atoms with E-state index in [1.807, 2.05) is 24.4 Å². The van der Waals surface area contributed by atoms with Gasteiger partial charge in [0.15, 0.2) is 0 Å². The maximum Gasteiger partial charge on any atom is 0.134 e. The zero-order chi connectivity index (χ0) is 12.8. The van der Waals surface area contributed by atoms with Crippen LogP contribution >= 0.6 is 15.9 Å². The van der Waals surface area contributed by atoms with Crippen LogP contribution in [0.3, 0.4) is 0 Å². The van der Waals surface area contributed by atoms with Crippen molar-refractivity contribution in [3.63, 3.8) is 0 Å². The van der Waals surface area contributed by atoms with E-state index in [-0.39, 0.29) is 6.04 Å². The van der Waals surface area contributed by atoms with E-state index in [4.69, 9.17) is 4.42 Å². The van der Waals surface area contributed by atoms with Crippen LogP contribution in [-0.2, 0) is 6.42 Å². The van der Waals surface area contributed by atoms with Gasteiger partial charge in [0, 0.05) is 11.9 Å². The van der Waals surface area contributed by atoms with Crippen molar-refractivity contribution in [3.05, 3.63) is 52.7 Å². The summed E-state index contributed by atoms with van der Waals surface area (Å²) >= 11 is 3.51. The fraction of sp³-hybridized carbons (Fsp3) is 0.357. The summed E-state index contributed by atoms with van der Waals surface area (Å²) in [5, 5.41) is 3.44.